The average molecular weight is 369 g/mol. The molecule has 0 saturated heterocycles. The van der Waals surface area contributed by atoms with E-state index in [0.29, 0.717) is 6.42 Å². The summed E-state index contributed by atoms with van der Waals surface area (Å²) in [7, 11) is 0. The Hall–Kier alpha value is -0.294. The summed E-state index contributed by atoms with van der Waals surface area (Å²) in [6.45, 7) is 1.74. The number of hydrogen-bond acceptors (Lipinski definition) is 3. The molecule has 5 heteroatoms. The van der Waals surface area contributed by atoms with E-state index in [1.54, 1.807) is 0 Å². The highest BCUT2D eigenvalue weighted by molar-refractivity contribution is 5.75. The van der Waals surface area contributed by atoms with E-state index >= 15 is 0 Å². The van der Waals surface area contributed by atoms with E-state index in [0.717, 1.165) is 19.3 Å². The number of aliphatic carboxylic acids is 1. The highest BCUT2D eigenvalue weighted by Crippen LogP contribution is 2.13. The van der Waals surface area contributed by atoms with Gasteiger partial charge in [-0.1, -0.05) is 96.8 Å². The van der Waals surface area contributed by atoms with Crippen LogP contribution in [-0.4, -0.2) is 46.7 Å². The van der Waals surface area contributed by atoms with Gasteiger partial charge in [0.05, 0.1) is 0 Å². The monoisotopic (exact) mass is 368 g/mol. The van der Waals surface area contributed by atoms with Gasteiger partial charge in [-0.05, 0) is 6.42 Å². The fraction of sp³-hybridized carbons (Fsp3) is 0.900. The third kappa shape index (κ3) is 23.7. The molecule has 0 aromatic rings. The Morgan fingerprint density at radius 2 is 1.04 bits per heavy atom. The number of carboxylic acids is 1. The average Bonchev–Trinajstić information content (AvgIpc) is 2.56. The van der Waals surface area contributed by atoms with Gasteiger partial charge >= 0.3 is 35.0 Å². The Bertz CT molecular complexity index is 308. The van der Waals surface area contributed by atoms with Crippen molar-refractivity contribution in [3.05, 3.63) is 0 Å². The number of carbonyl (C=O) groups excluding carboxylic acids is 1. The molecule has 0 spiro atoms. The predicted molar refractivity (Wildman–Crippen MR) is 107 cm³/mol. The van der Waals surface area contributed by atoms with E-state index in [1.165, 1.54) is 77.0 Å². The van der Waals surface area contributed by atoms with Crippen LogP contribution in [0.4, 0.5) is 0 Å². The van der Waals surface area contributed by atoms with Crippen molar-refractivity contribution in [1.82, 2.24) is 0 Å². The van der Waals surface area contributed by atoms with Gasteiger partial charge in [-0.25, -0.2) is 4.79 Å². The number of rotatable bonds is 18. The van der Waals surface area contributed by atoms with Gasteiger partial charge in [0, 0.05) is 6.42 Å². The van der Waals surface area contributed by atoms with Gasteiger partial charge in [0.25, 0.3) is 0 Å². The van der Waals surface area contributed by atoms with Crippen LogP contribution in [0.3, 0.4) is 0 Å². The standard InChI is InChI=1S/C20H38O4.Mg.2H/c1-2-3-4-5-6-7-8-9-10-11-12-13-14-15-16-17-20(23)24-18-19(21)22;;;/h2-18H2,1H3,(H,21,22);;;. The molecule has 0 aromatic heterocycles. The van der Waals surface area contributed by atoms with Crippen LogP contribution < -0.4 is 0 Å². The number of hydrogen-bond donors (Lipinski definition) is 1. The van der Waals surface area contributed by atoms with Gasteiger partial charge in [-0.3, -0.25) is 4.79 Å². The Morgan fingerprint density at radius 3 is 1.40 bits per heavy atom. The second-order valence-electron chi connectivity index (χ2n) is 6.75. The maximum atomic E-state index is 11.2. The van der Waals surface area contributed by atoms with E-state index in [2.05, 4.69) is 11.7 Å². The second kappa shape index (κ2) is 21.7. The van der Waals surface area contributed by atoms with Gasteiger partial charge in [-0.15, -0.1) is 0 Å². The third-order valence-corrected chi connectivity index (χ3v) is 4.34. The Balaban J connectivity index is 0. The summed E-state index contributed by atoms with van der Waals surface area (Å²) >= 11 is 0. The lowest BCUT2D eigenvalue weighted by atomic mass is 10.0. The summed E-state index contributed by atoms with van der Waals surface area (Å²) in [5.74, 6) is -1.49. The summed E-state index contributed by atoms with van der Waals surface area (Å²) < 4.78 is 4.58. The van der Waals surface area contributed by atoms with Crippen molar-refractivity contribution in [2.24, 2.45) is 0 Å². The van der Waals surface area contributed by atoms with Crippen molar-refractivity contribution in [3.8, 4) is 0 Å². The van der Waals surface area contributed by atoms with E-state index in [-0.39, 0.29) is 23.1 Å². The van der Waals surface area contributed by atoms with Crippen LogP contribution in [0.5, 0.6) is 0 Å². The normalized spacial score (nSPS) is 10.3. The summed E-state index contributed by atoms with van der Waals surface area (Å²) in [4.78, 5) is 21.4. The molecule has 25 heavy (non-hydrogen) atoms. The zero-order valence-corrected chi connectivity index (χ0v) is 15.7. The molecule has 0 aliphatic rings. The molecule has 0 rings (SSSR count). The molecule has 0 aliphatic heterocycles. The lowest BCUT2D eigenvalue weighted by Crippen LogP contribution is -2.12. The molecular weight excluding hydrogens is 329 g/mol. The first-order valence-electron chi connectivity index (χ1n) is 10.0. The number of ether oxygens (including phenoxy) is 1. The van der Waals surface area contributed by atoms with Crippen LogP contribution in [0, 0.1) is 0 Å². The van der Waals surface area contributed by atoms with Crippen molar-refractivity contribution >= 4 is 35.0 Å². The largest absolute Gasteiger partial charge is 0.479 e. The number of carboxylic acid groups (broad SMARTS) is 1. The molecule has 0 aliphatic carbocycles. The smallest absolute Gasteiger partial charge is 0.341 e. The lowest BCUT2D eigenvalue weighted by Gasteiger charge is -2.04. The van der Waals surface area contributed by atoms with Gasteiger partial charge in [0.15, 0.2) is 6.61 Å². The molecule has 0 bridgehead atoms. The molecule has 0 amide bonds. The van der Waals surface area contributed by atoms with Crippen LogP contribution in [0.2, 0.25) is 0 Å². The van der Waals surface area contributed by atoms with Crippen molar-refractivity contribution in [2.75, 3.05) is 6.61 Å². The van der Waals surface area contributed by atoms with Crippen LogP contribution in [-0.2, 0) is 14.3 Å². The fourth-order valence-corrected chi connectivity index (χ4v) is 2.86. The van der Waals surface area contributed by atoms with Crippen LogP contribution in [0.25, 0.3) is 0 Å². The highest BCUT2D eigenvalue weighted by atomic mass is 24.3. The first-order chi connectivity index (χ1) is 11.7. The van der Waals surface area contributed by atoms with Crippen LogP contribution in [0.1, 0.15) is 110 Å². The minimum Gasteiger partial charge on any atom is -0.479 e. The van der Waals surface area contributed by atoms with E-state index in [4.69, 9.17) is 5.11 Å². The molecule has 0 atom stereocenters. The summed E-state index contributed by atoms with van der Waals surface area (Å²) in [5, 5.41) is 8.39. The molecule has 0 fully saturated rings. The SMILES string of the molecule is CCCCCCCCCCCCCCCCCC(=O)OCC(=O)O.[MgH2]. The van der Waals surface area contributed by atoms with Crippen LogP contribution in [0.15, 0.2) is 0 Å². The molecule has 0 heterocycles. The Labute approximate surface area is 170 Å². The number of carbonyl (C=O) groups is 2. The Morgan fingerprint density at radius 1 is 0.680 bits per heavy atom. The number of unbranched alkanes of at least 4 members (excludes halogenated alkanes) is 14. The van der Waals surface area contributed by atoms with Gasteiger partial charge in [0.1, 0.15) is 0 Å². The molecule has 0 aromatic carbocycles. The highest BCUT2D eigenvalue weighted by Gasteiger charge is 2.05. The molecule has 4 nitrogen and oxygen atoms in total. The molecule has 0 unspecified atom stereocenters. The Kier molecular flexibility index (Phi) is 23.4. The topological polar surface area (TPSA) is 63.6 Å². The zero-order chi connectivity index (χ0) is 17.9. The van der Waals surface area contributed by atoms with Crippen molar-refractivity contribution in [2.45, 2.75) is 110 Å². The van der Waals surface area contributed by atoms with E-state index in [1.807, 2.05) is 0 Å². The summed E-state index contributed by atoms with van der Waals surface area (Å²) in [6, 6.07) is 0. The van der Waals surface area contributed by atoms with Crippen molar-refractivity contribution < 1.29 is 19.4 Å². The summed E-state index contributed by atoms with van der Waals surface area (Å²) in [6.07, 6.45) is 19.7. The van der Waals surface area contributed by atoms with Crippen molar-refractivity contribution in [1.29, 1.82) is 0 Å². The quantitative estimate of drug-likeness (QED) is 0.211. The predicted octanol–water partition coefficient (Wildman–Crippen LogP) is 4.96. The zero-order valence-electron chi connectivity index (χ0n) is 15.7. The van der Waals surface area contributed by atoms with Gasteiger partial charge in [-0.2, -0.15) is 0 Å². The minimum absolute atomic E-state index is 0. The molecule has 1 N–H and O–H groups in total. The van der Waals surface area contributed by atoms with Gasteiger partial charge < -0.3 is 9.84 Å². The second-order valence-corrected chi connectivity index (χ2v) is 6.75. The summed E-state index contributed by atoms with van der Waals surface area (Å²) in [5.41, 5.74) is 0. The first kappa shape index (κ1) is 26.9. The molecule has 0 radical (unpaired) electrons. The first-order valence-corrected chi connectivity index (χ1v) is 10.0. The van der Waals surface area contributed by atoms with Gasteiger partial charge in [0.2, 0.25) is 0 Å². The maximum Gasteiger partial charge on any atom is 0.341 e. The van der Waals surface area contributed by atoms with E-state index < -0.39 is 18.5 Å². The fourth-order valence-electron chi connectivity index (χ4n) is 2.86. The van der Waals surface area contributed by atoms with Crippen LogP contribution >= 0.6 is 0 Å². The lowest BCUT2D eigenvalue weighted by molar-refractivity contribution is -0.155. The van der Waals surface area contributed by atoms with E-state index in [9.17, 15) is 9.59 Å². The molecule has 146 valence electrons. The minimum atomic E-state index is -1.10. The molecular formula is C20H40MgO4. The molecule has 0 saturated carbocycles. The third-order valence-electron chi connectivity index (χ3n) is 4.34. The maximum absolute atomic E-state index is 11.2. The number of esters is 1. The van der Waals surface area contributed by atoms with Crippen molar-refractivity contribution in [3.63, 3.8) is 0 Å².